The largest absolute Gasteiger partial charge is 0.351 e. The fourth-order valence-electron chi connectivity index (χ4n) is 2.60. The average molecular weight is 189 g/mol. The van der Waals surface area contributed by atoms with Crippen LogP contribution >= 0.6 is 0 Å². The van der Waals surface area contributed by atoms with Gasteiger partial charge in [0.1, 0.15) is 0 Å². The molecule has 1 aliphatic heterocycles. The molecule has 76 valence electrons. The van der Waals surface area contributed by atoms with Crippen LogP contribution < -0.4 is 0 Å². The van der Waals surface area contributed by atoms with Crippen LogP contribution in [0.3, 0.4) is 0 Å². The summed E-state index contributed by atoms with van der Waals surface area (Å²) in [6.45, 7) is 11.0. The van der Waals surface area contributed by atoms with E-state index in [1.807, 2.05) is 0 Å². The summed E-state index contributed by atoms with van der Waals surface area (Å²) in [5, 5.41) is 0. The van der Waals surface area contributed by atoms with Crippen molar-refractivity contribution in [2.24, 2.45) is 11.3 Å². The van der Waals surface area contributed by atoms with E-state index in [1.54, 1.807) is 0 Å². The molecule has 0 saturated carbocycles. The van der Waals surface area contributed by atoms with Crippen LogP contribution in [0.4, 0.5) is 0 Å². The van der Waals surface area contributed by atoms with E-state index in [-0.39, 0.29) is 5.41 Å². The second-order valence-corrected chi connectivity index (χ2v) is 5.09. The Hall–Kier alpha value is -0.980. The first kappa shape index (κ1) is 9.57. The van der Waals surface area contributed by atoms with Crippen molar-refractivity contribution >= 4 is 0 Å². The molecule has 0 radical (unpaired) electrons. The molecular weight excluding hydrogens is 170 g/mol. The number of hydrogen-bond acceptors (Lipinski definition) is 1. The van der Waals surface area contributed by atoms with Crippen LogP contribution in [0.1, 0.15) is 27.2 Å². The molecule has 0 aromatic carbocycles. The zero-order valence-corrected chi connectivity index (χ0v) is 9.59. The summed E-state index contributed by atoms with van der Waals surface area (Å²) in [6, 6.07) is 0. The molecule has 1 fully saturated rings. The molecule has 2 rings (SSSR count). The second kappa shape index (κ2) is 2.75. The van der Waals surface area contributed by atoms with Gasteiger partial charge in [0.05, 0.1) is 0 Å². The number of rotatable bonds is 0. The highest BCUT2D eigenvalue weighted by molar-refractivity contribution is 5.36. The standard InChI is InChI=1S/C13H19N/c1-9-6-7-12-11(8-9)13(3,4)10(2)14(12)5/h6-7,11H,2,8H2,1,3-5H3. The molecule has 0 aromatic heterocycles. The lowest BCUT2D eigenvalue weighted by molar-refractivity contribution is 0.336. The van der Waals surface area contributed by atoms with Gasteiger partial charge in [-0.1, -0.05) is 32.1 Å². The first-order valence-electron chi connectivity index (χ1n) is 5.25. The maximum absolute atomic E-state index is 4.20. The highest BCUT2D eigenvalue weighted by atomic mass is 15.2. The van der Waals surface area contributed by atoms with Gasteiger partial charge >= 0.3 is 0 Å². The minimum absolute atomic E-state index is 0.218. The second-order valence-electron chi connectivity index (χ2n) is 5.09. The maximum atomic E-state index is 4.20. The van der Waals surface area contributed by atoms with Gasteiger partial charge in [0.15, 0.2) is 0 Å². The zero-order valence-electron chi connectivity index (χ0n) is 9.59. The molecule has 1 aliphatic carbocycles. The molecule has 1 heterocycles. The van der Waals surface area contributed by atoms with Gasteiger partial charge in [-0.15, -0.1) is 0 Å². The Morgan fingerprint density at radius 2 is 2.07 bits per heavy atom. The monoisotopic (exact) mass is 189 g/mol. The number of nitrogens with zero attached hydrogens (tertiary/aromatic N) is 1. The van der Waals surface area contributed by atoms with Crippen LogP contribution in [0.2, 0.25) is 0 Å². The molecule has 1 saturated heterocycles. The lowest BCUT2D eigenvalue weighted by Crippen LogP contribution is -2.21. The lowest BCUT2D eigenvalue weighted by atomic mass is 9.74. The predicted molar refractivity (Wildman–Crippen MR) is 60.6 cm³/mol. The Morgan fingerprint density at radius 3 is 2.71 bits per heavy atom. The molecule has 1 unspecified atom stereocenters. The zero-order chi connectivity index (χ0) is 10.5. The normalized spacial score (nSPS) is 29.9. The molecule has 0 amide bonds. The van der Waals surface area contributed by atoms with Gasteiger partial charge in [-0.25, -0.2) is 0 Å². The number of fused-ring (bicyclic) bond motifs is 1. The van der Waals surface area contributed by atoms with Crippen molar-refractivity contribution < 1.29 is 0 Å². The lowest BCUT2D eigenvalue weighted by Gasteiger charge is -2.28. The third-order valence-corrected chi connectivity index (χ3v) is 3.83. The maximum Gasteiger partial charge on any atom is 0.0217 e. The van der Waals surface area contributed by atoms with Gasteiger partial charge < -0.3 is 4.90 Å². The van der Waals surface area contributed by atoms with Crippen LogP contribution in [0.25, 0.3) is 0 Å². The molecule has 0 bridgehead atoms. The average Bonchev–Trinajstić information content (AvgIpc) is 2.29. The summed E-state index contributed by atoms with van der Waals surface area (Å²) < 4.78 is 0. The summed E-state index contributed by atoms with van der Waals surface area (Å²) in [7, 11) is 2.13. The molecular formula is C13H19N. The van der Waals surface area contributed by atoms with Crippen molar-refractivity contribution in [3.05, 3.63) is 35.7 Å². The Labute approximate surface area is 86.8 Å². The molecule has 1 nitrogen and oxygen atoms in total. The highest BCUT2D eigenvalue weighted by Crippen LogP contribution is 2.52. The molecule has 0 aromatic rings. The Morgan fingerprint density at radius 1 is 1.43 bits per heavy atom. The van der Waals surface area contributed by atoms with Gasteiger partial charge in [-0.2, -0.15) is 0 Å². The van der Waals surface area contributed by atoms with Crippen molar-refractivity contribution in [1.29, 1.82) is 0 Å². The summed E-state index contributed by atoms with van der Waals surface area (Å²) in [4.78, 5) is 2.26. The fourth-order valence-corrected chi connectivity index (χ4v) is 2.60. The van der Waals surface area contributed by atoms with E-state index < -0.39 is 0 Å². The minimum atomic E-state index is 0.218. The number of allylic oxidation sites excluding steroid dienone is 5. The van der Waals surface area contributed by atoms with Gasteiger partial charge in [0.25, 0.3) is 0 Å². The van der Waals surface area contributed by atoms with Gasteiger partial charge in [0, 0.05) is 29.8 Å². The van der Waals surface area contributed by atoms with Crippen molar-refractivity contribution in [2.45, 2.75) is 27.2 Å². The highest BCUT2D eigenvalue weighted by Gasteiger charge is 2.45. The van der Waals surface area contributed by atoms with E-state index in [2.05, 4.69) is 51.4 Å². The van der Waals surface area contributed by atoms with E-state index in [4.69, 9.17) is 0 Å². The first-order chi connectivity index (χ1) is 6.44. The van der Waals surface area contributed by atoms with E-state index in [1.165, 1.54) is 23.4 Å². The molecule has 2 aliphatic rings. The van der Waals surface area contributed by atoms with E-state index >= 15 is 0 Å². The summed E-state index contributed by atoms with van der Waals surface area (Å²) in [6.07, 6.45) is 5.67. The third-order valence-electron chi connectivity index (χ3n) is 3.83. The van der Waals surface area contributed by atoms with Crippen molar-refractivity contribution in [3.8, 4) is 0 Å². The molecule has 1 atom stereocenters. The van der Waals surface area contributed by atoms with Crippen molar-refractivity contribution in [3.63, 3.8) is 0 Å². The summed E-state index contributed by atoms with van der Waals surface area (Å²) in [5.41, 5.74) is 4.38. The Bertz CT molecular complexity index is 344. The van der Waals surface area contributed by atoms with Crippen LogP contribution in [-0.2, 0) is 0 Å². The topological polar surface area (TPSA) is 3.24 Å². The minimum Gasteiger partial charge on any atom is -0.351 e. The van der Waals surface area contributed by atoms with Crippen LogP contribution in [0, 0.1) is 11.3 Å². The molecule has 14 heavy (non-hydrogen) atoms. The molecule has 1 heteroatoms. The molecule has 0 spiro atoms. The quantitative estimate of drug-likeness (QED) is 0.565. The summed E-state index contributed by atoms with van der Waals surface area (Å²) in [5.74, 6) is 0.630. The van der Waals surface area contributed by atoms with Crippen molar-refractivity contribution in [1.82, 2.24) is 4.90 Å². The van der Waals surface area contributed by atoms with Gasteiger partial charge in [-0.05, 0) is 19.4 Å². The third kappa shape index (κ3) is 1.08. The van der Waals surface area contributed by atoms with Crippen LogP contribution in [-0.4, -0.2) is 11.9 Å². The fraction of sp³-hybridized carbons (Fsp3) is 0.538. The first-order valence-corrected chi connectivity index (χ1v) is 5.25. The van der Waals surface area contributed by atoms with Gasteiger partial charge in [-0.3, -0.25) is 0 Å². The SMILES string of the molecule is C=C1N(C)C2=CC=C(C)CC2C1(C)C. The Balaban J connectivity index is 2.46. The van der Waals surface area contributed by atoms with E-state index in [0.717, 1.165) is 0 Å². The molecule has 0 N–H and O–H groups in total. The Kier molecular flexibility index (Phi) is 1.88. The van der Waals surface area contributed by atoms with Crippen LogP contribution in [0.5, 0.6) is 0 Å². The predicted octanol–water partition coefficient (Wildman–Crippen LogP) is 3.32. The summed E-state index contributed by atoms with van der Waals surface area (Å²) >= 11 is 0. The number of likely N-dealkylation sites (tertiary alicyclic amines) is 1. The smallest absolute Gasteiger partial charge is 0.0217 e. The van der Waals surface area contributed by atoms with Crippen molar-refractivity contribution in [2.75, 3.05) is 7.05 Å². The number of hydrogen-bond donors (Lipinski definition) is 0. The van der Waals surface area contributed by atoms with Crippen LogP contribution in [0.15, 0.2) is 35.7 Å². The van der Waals surface area contributed by atoms with Gasteiger partial charge in [0.2, 0.25) is 0 Å². The van der Waals surface area contributed by atoms with E-state index in [0.29, 0.717) is 5.92 Å². The van der Waals surface area contributed by atoms with E-state index in [9.17, 15) is 0 Å².